The molecule has 0 saturated heterocycles. The topological polar surface area (TPSA) is 67.3 Å². The fourth-order valence-corrected chi connectivity index (χ4v) is 2.42. The second-order valence-corrected chi connectivity index (χ2v) is 4.75. The number of aromatic carboxylic acids is 1. The Balaban J connectivity index is 2.07. The average Bonchev–Trinajstić information content (AvgIpc) is 2.46. The molecule has 1 N–H and O–H groups in total. The molecule has 0 radical (unpaired) electrons. The number of rotatable bonds is 5. The Morgan fingerprint density at radius 1 is 1.11 bits per heavy atom. The summed E-state index contributed by atoms with van der Waals surface area (Å²) in [6.45, 7) is 0. The van der Waals surface area contributed by atoms with Crippen LogP contribution in [0.25, 0.3) is 0 Å². The number of pyridine rings is 1. The van der Waals surface area contributed by atoms with Gasteiger partial charge in [0.1, 0.15) is 0 Å². The monoisotopic (exact) mass is 273 g/mol. The zero-order chi connectivity index (χ0) is 13.7. The predicted octanol–water partition coefficient (Wildman–Crippen LogP) is 2.75. The maximum absolute atomic E-state index is 11.9. The lowest BCUT2D eigenvalue weighted by Gasteiger charge is -2.04. The lowest BCUT2D eigenvalue weighted by atomic mass is 10.2. The molecule has 0 saturated carbocycles. The van der Waals surface area contributed by atoms with Crippen molar-refractivity contribution in [3.63, 3.8) is 0 Å². The number of carbonyl (C=O) groups is 2. The molecule has 2 aromatic rings. The van der Waals surface area contributed by atoms with Gasteiger partial charge in [0, 0.05) is 16.7 Å². The minimum absolute atomic E-state index is 0.0200. The van der Waals surface area contributed by atoms with Crippen LogP contribution in [0.3, 0.4) is 0 Å². The third-order valence-corrected chi connectivity index (χ3v) is 3.47. The van der Waals surface area contributed by atoms with Crippen LogP contribution in [0.2, 0.25) is 0 Å². The minimum Gasteiger partial charge on any atom is -0.476 e. The largest absolute Gasteiger partial charge is 0.476 e. The number of carboxylic acid groups (broad SMARTS) is 1. The van der Waals surface area contributed by atoms with Crippen molar-refractivity contribution in [3.05, 3.63) is 59.9 Å². The van der Waals surface area contributed by atoms with Crippen LogP contribution in [0.15, 0.2) is 53.6 Å². The zero-order valence-corrected chi connectivity index (χ0v) is 10.8. The van der Waals surface area contributed by atoms with E-state index in [9.17, 15) is 9.59 Å². The summed E-state index contributed by atoms with van der Waals surface area (Å²) in [4.78, 5) is 27.2. The first-order valence-electron chi connectivity index (χ1n) is 5.58. The summed E-state index contributed by atoms with van der Waals surface area (Å²) in [5.41, 5.74) is 0.601. The van der Waals surface area contributed by atoms with Crippen LogP contribution in [0.5, 0.6) is 0 Å². The third-order valence-electron chi connectivity index (χ3n) is 2.43. The quantitative estimate of drug-likeness (QED) is 0.670. The molecule has 2 rings (SSSR count). The molecule has 0 bridgehead atoms. The van der Waals surface area contributed by atoms with Gasteiger partial charge in [-0.2, -0.15) is 0 Å². The van der Waals surface area contributed by atoms with Crippen LogP contribution in [-0.2, 0) is 0 Å². The Labute approximate surface area is 114 Å². The van der Waals surface area contributed by atoms with Gasteiger partial charge in [-0.3, -0.25) is 4.79 Å². The number of hydrogen-bond acceptors (Lipinski definition) is 4. The van der Waals surface area contributed by atoms with E-state index < -0.39 is 5.97 Å². The van der Waals surface area contributed by atoms with Gasteiger partial charge in [-0.15, -0.1) is 11.8 Å². The fraction of sp³-hybridized carbons (Fsp3) is 0.0714. The van der Waals surface area contributed by atoms with Crippen molar-refractivity contribution >= 4 is 23.5 Å². The first-order valence-corrected chi connectivity index (χ1v) is 6.56. The highest BCUT2D eigenvalue weighted by Gasteiger charge is 2.13. The van der Waals surface area contributed by atoms with E-state index in [1.165, 1.54) is 18.0 Å². The summed E-state index contributed by atoms with van der Waals surface area (Å²) in [6, 6.07) is 12.2. The van der Waals surface area contributed by atoms with Gasteiger partial charge in [0.15, 0.2) is 11.5 Å². The van der Waals surface area contributed by atoms with Gasteiger partial charge < -0.3 is 5.11 Å². The first-order chi connectivity index (χ1) is 9.18. The van der Waals surface area contributed by atoms with E-state index in [-0.39, 0.29) is 17.2 Å². The minimum atomic E-state index is -1.09. The first kappa shape index (κ1) is 13.3. The normalized spacial score (nSPS) is 10.1. The lowest BCUT2D eigenvalue weighted by molar-refractivity contribution is 0.0686. The third kappa shape index (κ3) is 3.42. The molecule has 1 aromatic heterocycles. The number of ketones is 1. The maximum Gasteiger partial charge on any atom is 0.355 e. The van der Waals surface area contributed by atoms with Gasteiger partial charge in [0.2, 0.25) is 0 Å². The summed E-state index contributed by atoms with van der Waals surface area (Å²) in [7, 11) is 0. The number of Topliss-reactive ketones (excluding diaryl/α,β-unsaturated/α-hetero) is 1. The molecule has 1 heterocycles. The number of nitrogens with zero attached hydrogens (tertiary/aromatic N) is 1. The van der Waals surface area contributed by atoms with Crippen LogP contribution >= 0.6 is 11.8 Å². The standard InChI is InChI=1S/C14H11NO3S/c16-11(10-5-2-1-3-6-10)9-19-12-7-4-8-15-13(12)14(17)18/h1-8H,9H2,(H,17,18). The molecule has 0 aliphatic rings. The van der Waals surface area contributed by atoms with Gasteiger partial charge in [-0.05, 0) is 12.1 Å². The lowest BCUT2D eigenvalue weighted by Crippen LogP contribution is -2.05. The molecule has 4 nitrogen and oxygen atoms in total. The second-order valence-electron chi connectivity index (χ2n) is 3.73. The van der Waals surface area contributed by atoms with Crippen LogP contribution in [0, 0.1) is 0 Å². The van der Waals surface area contributed by atoms with Crippen LogP contribution in [0.4, 0.5) is 0 Å². The zero-order valence-electron chi connectivity index (χ0n) is 9.95. The van der Waals surface area contributed by atoms with E-state index in [1.54, 1.807) is 36.4 Å². The SMILES string of the molecule is O=C(CSc1cccnc1C(=O)O)c1ccccc1. The van der Waals surface area contributed by atoms with Crippen molar-refractivity contribution in [3.8, 4) is 0 Å². The number of aromatic nitrogens is 1. The van der Waals surface area contributed by atoms with Crippen molar-refractivity contribution in [1.82, 2.24) is 4.98 Å². The predicted molar refractivity (Wildman–Crippen MR) is 72.7 cm³/mol. The molecule has 0 unspecified atom stereocenters. The van der Waals surface area contributed by atoms with Gasteiger partial charge in [0.05, 0.1) is 5.75 Å². The molecular formula is C14H11NO3S. The van der Waals surface area contributed by atoms with Crippen molar-refractivity contribution in [2.75, 3.05) is 5.75 Å². The summed E-state index contributed by atoms with van der Waals surface area (Å²) in [5.74, 6) is -0.934. The van der Waals surface area contributed by atoms with E-state index in [0.717, 1.165) is 0 Å². The van der Waals surface area contributed by atoms with Crippen LogP contribution in [-0.4, -0.2) is 27.6 Å². The Morgan fingerprint density at radius 2 is 1.84 bits per heavy atom. The summed E-state index contributed by atoms with van der Waals surface area (Å²) < 4.78 is 0. The van der Waals surface area contributed by atoms with Crippen molar-refractivity contribution in [2.24, 2.45) is 0 Å². The van der Waals surface area contributed by atoms with E-state index >= 15 is 0 Å². The number of carbonyl (C=O) groups excluding carboxylic acids is 1. The molecule has 19 heavy (non-hydrogen) atoms. The molecule has 0 aliphatic carbocycles. The number of hydrogen-bond donors (Lipinski definition) is 1. The summed E-state index contributed by atoms with van der Waals surface area (Å²) in [6.07, 6.45) is 1.42. The average molecular weight is 273 g/mol. The van der Waals surface area contributed by atoms with E-state index in [4.69, 9.17) is 5.11 Å². The number of carboxylic acids is 1. The van der Waals surface area contributed by atoms with E-state index in [1.807, 2.05) is 6.07 Å². The summed E-state index contributed by atoms with van der Waals surface area (Å²) in [5, 5.41) is 8.99. The van der Waals surface area contributed by atoms with E-state index in [0.29, 0.717) is 10.5 Å². The molecule has 0 aliphatic heterocycles. The molecule has 0 atom stereocenters. The Morgan fingerprint density at radius 3 is 2.53 bits per heavy atom. The highest BCUT2D eigenvalue weighted by Crippen LogP contribution is 2.22. The molecular weight excluding hydrogens is 262 g/mol. The summed E-state index contributed by atoms with van der Waals surface area (Å²) >= 11 is 1.19. The van der Waals surface area contributed by atoms with Crippen molar-refractivity contribution in [1.29, 1.82) is 0 Å². The fourth-order valence-electron chi connectivity index (χ4n) is 1.52. The van der Waals surface area contributed by atoms with Crippen molar-refractivity contribution in [2.45, 2.75) is 4.90 Å². The highest BCUT2D eigenvalue weighted by atomic mass is 32.2. The Kier molecular flexibility index (Phi) is 4.30. The maximum atomic E-state index is 11.9. The van der Waals surface area contributed by atoms with Gasteiger partial charge >= 0.3 is 5.97 Å². The van der Waals surface area contributed by atoms with Gasteiger partial charge in [-0.25, -0.2) is 9.78 Å². The Bertz CT molecular complexity index is 599. The Hall–Kier alpha value is -2.14. The number of benzene rings is 1. The van der Waals surface area contributed by atoms with Crippen LogP contribution in [0.1, 0.15) is 20.8 Å². The van der Waals surface area contributed by atoms with Crippen LogP contribution < -0.4 is 0 Å². The van der Waals surface area contributed by atoms with Gasteiger partial charge in [0.25, 0.3) is 0 Å². The van der Waals surface area contributed by atoms with E-state index in [2.05, 4.69) is 4.98 Å². The smallest absolute Gasteiger partial charge is 0.355 e. The van der Waals surface area contributed by atoms with Crippen molar-refractivity contribution < 1.29 is 14.7 Å². The molecule has 1 aromatic carbocycles. The van der Waals surface area contributed by atoms with Gasteiger partial charge in [-0.1, -0.05) is 30.3 Å². The molecule has 0 fully saturated rings. The number of thioether (sulfide) groups is 1. The molecule has 5 heteroatoms. The molecule has 0 spiro atoms. The molecule has 0 amide bonds. The second kappa shape index (κ2) is 6.15. The highest BCUT2D eigenvalue weighted by molar-refractivity contribution is 8.00. The molecule has 96 valence electrons.